The van der Waals surface area contributed by atoms with Crippen molar-refractivity contribution in [2.75, 3.05) is 0 Å². The molecule has 25 heavy (non-hydrogen) atoms. The highest BCUT2D eigenvalue weighted by Gasteiger charge is 2.36. The third kappa shape index (κ3) is 7.19. The molecule has 1 unspecified atom stereocenters. The van der Waals surface area contributed by atoms with Gasteiger partial charge in [0, 0.05) is 0 Å². The number of hydrogen-bond donors (Lipinski definition) is 1. The van der Waals surface area contributed by atoms with Gasteiger partial charge in [0.1, 0.15) is 17.7 Å². The van der Waals surface area contributed by atoms with Gasteiger partial charge in [0.2, 0.25) is 0 Å². The lowest BCUT2D eigenvalue weighted by Crippen LogP contribution is -2.51. The van der Waals surface area contributed by atoms with Crippen LogP contribution in [-0.2, 0) is 19.0 Å². The number of aliphatic carboxylic acids is 1. The summed E-state index contributed by atoms with van der Waals surface area (Å²) in [6.07, 6.45) is 1.55. The monoisotopic (exact) mass is 359 g/mol. The summed E-state index contributed by atoms with van der Waals surface area (Å²) in [5.74, 6) is -1.23. The summed E-state index contributed by atoms with van der Waals surface area (Å²) in [5, 5.41) is 9.22. The Hall–Kier alpha value is -1.99. The molecule has 1 saturated carbocycles. The molecule has 8 heteroatoms. The summed E-state index contributed by atoms with van der Waals surface area (Å²) in [5.41, 5.74) is -0.810. The van der Waals surface area contributed by atoms with E-state index in [9.17, 15) is 19.5 Å². The second-order valence-electron chi connectivity index (χ2n) is 7.25. The Morgan fingerprint density at radius 3 is 2.12 bits per heavy atom. The third-order valence-electron chi connectivity index (χ3n) is 3.85. The van der Waals surface area contributed by atoms with E-state index in [1.54, 1.807) is 20.8 Å². The summed E-state index contributed by atoms with van der Waals surface area (Å²) in [6.45, 7) is 7.72. The van der Waals surface area contributed by atoms with E-state index in [0.29, 0.717) is 0 Å². The van der Waals surface area contributed by atoms with Crippen molar-refractivity contribution in [1.82, 2.24) is 4.90 Å². The van der Waals surface area contributed by atoms with Gasteiger partial charge in [-0.3, -0.25) is 4.90 Å². The van der Waals surface area contributed by atoms with Gasteiger partial charge in [-0.05, 0) is 60.3 Å². The molecule has 1 amide bonds. The molecule has 0 saturated heterocycles. The first-order valence-corrected chi connectivity index (χ1v) is 8.62. The van der Waals surface area contributed by atoms with Crippen LogP contribution >= 0.6 is 0 Å². The highest BCUT2D eigenvalue weighted by Crippen LogP contribution is 2.21. The Labute approximate surface area is 148 Å². The van der Waals surface area contributed by atoms with Crippen molar-refractivity contribution in [2.24, 2.45) is 0 Å². The summed E-state index contributed by atoms with van der Waals surface area (Å²) < 4.78 is 15.6. The molecule has 1 aliphatic rings. The summed E-state index contributed by atoms with van der Waals surface area (Å²) in [4.78, 5) is 36.4. The lowest BCUT2D eigenvalue weighted by molar-refractivity contribution is -0.147. The zero-order chi connectivity index (χ0) is 19.2. The fourth-order valence-corrected chi connectivity index (χ4v) is 2.60. The van der Waals surface area contributed by atoms with Crippen molar-refractivity contribution in [3.05, 3.63) is 0 Å². The average molecular weight is 359 g/mol. The quantitative estimate of drug-likeness (QED) is 0.591. The number of ether oxygens (including phenoxy) is 3. The zero-order valence-electron chi connectivity index (χ0n) is 15.6. The second kappa shape index (κ2) is 8.92. The molecular formula is C17H29NO7. The van der Waals surface area contributed by atoms with Gasteiger partial charge in [0.25, 0.3) is 0 Å². The molecule has 0 aromatic heterocycles. The SMILES string of the molecule is CC(OC(=O)OC1CCCCC1)N(C(=O)OC(C)(C)C)[C@@H](C)C(=O)O. The third-order valence-corrected chi connectivity index (χ3v) is 3.85. The Balaban J connectivity index is 2.73. The summed E-state index contributed by atoms with van der Waals surface area (Å²) >= 11 is 0. The highest BCUT2D eigenvalue weighted by molar-refractivity contribution is 5.80. The highest BCUT2D eigenvalue weighted by atomic mass is 16.7. The van der Waals surface area contributed by atoms with Gasteiger partial charge >= 0.3 is 18.2 Å². The Morgan fingerprint density at radius 2 is 1.64 bits per heavy atom. The van der Waals surface area contributed by atoms with E-state index in [1.807, 2.05) is 0 Å². The van der Waals surface area contributed by atoms with Crippen LogP contribution < -0.4 is 0 Å². The van der Waals surface area contributed by atoms with Crippen LogP contribution in [0.2, 0.25) is 0 Å². The Kier molecular flexibility index (Phi) is 7.51. The molecule has 0 aromatic carbocycles. The van der Waals surface area contributed by atoms with E-state index in [0.717, 1.165) is 37.0 Å². The lowest BCUT2D eigenvalue weighted by atomic mass is 9.98. The van der Waals surface area contributed by atoms with Gasteiger partial charge in [-0.2, -0.15) is 0 Å². The van der Waals surface area contributed by atoms with Crippen LogP contribution in [0.25, 0.3) is 0 Å². The maximum absolute atomic E-state index is 12.3. The van der Waals surface area contributed by atoms with Gasteiger partial charge in [-0.15, -0.1) is 0 Å². The van der Waals surface area contributed by atoms with Gasteiger partial charge in [0.15, 0.2) is 6.23 Å². The molecule has 0 bridgehead atoms. The molecule has 8 nitrogen and oxygen atoms in total. The van der Waals surface area contributed by atoms with E-state index < -0.39 is 36.1 Å². The molecule has 2 atom stereocenters. The summed E-state index contributed by atoms with van der Waals surface area (Å²) in [6, 6.07) is -1.23. The number of hydrogen-bond acceptors (Lipinski definition) is 6. The number of carbonyl (C=O) groups is 3. The van der Waals surface area contributed by atoms with Crippen LogP contribution in [0.15, 0.2) is 0 Å². The minimum absolute atomic E-state index is 0.194. The van der Waals surface area contributed by atoms with Crippen LogP contribution in [0.4, 0.5) is 9.59 Å². The Bertz CT molecular complexity index is 480. The molecule has 1 aliphatic carbocycles. The van der Waals surface area contributed by atoms with E-state index in [2.05, 4.69) is 0 Å². The van der Waals surface area contributed by atoms with Crippen molar-refractivity contribution in [3.8, 4) is 0 Å². The molecule has 1 fully saturated rings. The van der Waals surface area contributed by atoms with Crippen LogP contribution in [0, 0.1) is 0 Å². The number of nitrogens with zero attached hydrogens (tertiary/aromatic N) is 1. The fourth-order valence-electron chi connectivity index (χ4n) is 2.60. The zero-order valence-corrected chi connectivity index (χ0v) is 15.6. The maximum Gasteiger partial charge on any atom is 0.510 e. The molecule has 0 aromatic rings. The standard InChI is InChI=1S/C17H29NO7/c1-11(14(19)20)18(15(21)25-17(3,4)5)12(2)23-16(22)24-13-9-7-6-8-10-13/h11-13H,6-10H2,1-5H3,(H,19,20)/t11-,12?/m0/s1. The van der Waals surface area contributed by atoms with Gasteiger partial charge < -0.3 is 19.3 Å². The molecular weight excluding hydrogens is 330 g/mol. The predicted molar refractivity (Wildman–Crippen MR) is 89.1 cm³/mol. The largest absolute Gasteiger partial charge is 0.510 e. The number of carboxylic acid groups (broad SMARTS) is 1. The normalized spacial score (nSPS) is 18.0. The number of amides is 1. The maximum atomic E-state index is 12.3. The smallest absolute Gasteiger partial charge is 0.480 e. The molecule has 1 rings (SSSR count). The van der Waals surface area contributed by atoms with E-state index >= 15 is 0 Å². The first-order chi connectivity index (χ1) is 11.5. The van der Waals surface area contributed by atoms with Crippen molar-refractivity contribution in [3.63, 3.8) is 0 Å². The van der Waals surface area contributed by atoms with Crippen LogP contribution in [0.3, 0.4) is 0 Å². The van der Waals surface area contributed by atoms with Crippen LogP contribution in [-0.4, -0.2) is 52.2 Å². The Morgan fingerprint density at radius 1 is 1.08 bits per heavy atom. The molecule has 0 aliphatic heterocycles. The van der Waals surface area contributed by atoms with E-state index in [4.69, 9.17) is 14.2 Å². The van der Waals surface area contributed by atoms with Crippen molar-refractivity contribution in [2.45, 2.75) is 90.7 Å². The minimum atomic E-state index is -1.23. The molecule has 0 radical (unpaired) electrons. The number of carbonyl (C=O) groups excluding carboxylic acids is 2. The number of rotatable bonds is 5. The van der Waals surface area contributed by atoms with Crippen LogP contribution in [0.1, 0.15) is 66.7 Å². The van der Waals surface area contributed by atoms with E-state index in [-0.39, 0.29) is 6.10 Å². The number of carboxylic acids is 1. The molecule has 1 N–H and O–H groups in total. The summed E-state index contributed by atoms with van der Waals surface area (Å²) in [7, 11) is 0. The fraction of sp³-hybridized carbons (Fsp3) is 0.824. The van der Waals surface area contributed by atoms with Gasteiger partial charge in [-0.25, -0.2) is 14.4 Å². The second-order valence-corrected chi connectivity index (χ2v) is 7.25. The van der Waals surface area contributed by atoms with Crippen molar-refractivity contribution < 1.29 is 33.7 Å². The molecule has 0 spiro atoms. The topological polar surface area (TPSA) is 102 Å². The lowest BCUT2D eigenvalue weighted by Gasteiger charge is -2.33. The van der Waals surface area contributed by atoms with Gasteiger partial charge in [0.05, 0.1) is 0 Å². The minimum Gasteiger partial charge on any atom is -0.480 e. The van der Waals surface area contributed by atoms with E-state index in [1.165, 1.54) is 13.8 Å². The molecule has 0 heterocycles. The molecule has 144 valence electrons. The van der Waals surface area contributed by atoms with Gasteiger partial charge in [-0.1, -0.05) is 6.42 Å². The predicted octanol–water partition coefficient (Wildman–Crippen LogP) is 3.53. The van der Waals surface area contributed by atoms with Crippen molar-refractivity contribution in [1.29, 1.82) is 0 Å². The average Bonchev–Trinajstić information content (AvgIpc) is 2.45. The first-order valence-electron chi connectivity index (χ1n) is 8.62. The van der Waals surface area contributed by atoms with Crippen molar-refractivity contribution >= 4 is 18.2 Å². The first kappa shape index (κ1) is 21.1. The van der Waals surface area contributed by atoms with Crippen LogP contribution in [0.5, 0.6) is 0 Å².